The molecule has 3 amide bonds. The first-order valence-electron chi connectivity index (χ1n) is 13.9. The zero-order valence-electron chi connectivity index (χ0n) is 23.6. The molecule has 1 atom stereocenters. The molecule has 4 aromatic carbocycles. The molecule has 0 saturated carbocycles. The van der Waals surface area contributed by atoms with Crippen molar-refractivity contribution in [3.05, 3.63) is 96.6 Å². The molecule has 0 bridgehead atoms. The number of benzene rings is 4. The lowest BCUT2D eigenvalue weighted by molar-refractivity contribution is -0.136. The minimum Gasteiger partial charge on any atom is -0.444 e. The van der Waals surface area contributed by atoms with Crippen LogP contribution in [0, 0.1) is 0 Å². The van der Waals surface area contributed by atoms with Crippen LogP contribution in [0.1, 0.15) is 39.2 Å². The maximum atomic E-state index is 13.1. The van der Waals surface area contributed by atoms with Gasteiger partial charge in [-0.25, -0.2) is 4.79 Å². The number of carbonyl (C=O) groups excluding carboxylic acids is 3. The first kappa shape index (κ1) is 27.9. The van der Waals surface area contributed by atoms with Crippen LogP contribution >= 0.6 is 0 Å². The Bertz CT molecular complexity index is 1560. The van der Waals surface area contributed by atoms with Crippen LogP contribution < -0.4 is 10.6 Å². The van der Waals surface area contributed by atoms with Crippen LogP contribution in [-0.2, 0) is 20.7 Å². The summed E-state index contributed by atoms with van der Waals surface area (Å²) in [5, 5.41) is 7.81. The molecule has 0 unspecified atom stereocenters. The average molecular weight is 550 g/mol. The van der Waals surface area contributed by atoms with E-state index in [1.165, 1.54) is 0 Å². The van der Waals surface area contributed by atoms with E-state index in [1.54, 1.807) is 4.90 Å². The van der Waals surface area contributed by atoms with Crippen molar-refractivity contribution in [3.63, 3.8) is 0 Å². The van der Waals surface area contributed by atoms with Crippen molar-refractivity contribution < 1.29 is 19.1 Å². The summed E-state index contributed by atoms with van der Waals surface area (Å²) in [4.78, 5) is 39.8. The summed E-state index contributed by atoms with van der Waals surface area (Å²) in [7, 11) is 0. The zero-order chi connectivity index (χ0) is 29.0. The lowest BCUT2D eigenvalue weighted by Gasteiger charge is -2.24. The summed E-state index contributed by atoms with van der Waals surface area (Å²) in [6.45, 7) is 6.08. The quantitative estimate of drug-likeness (QED) is 0.270. The van der Waals surface area contributed by atoms with E-state index >= 15 is 0 Å². The Balaban J connectivity index is 1.22. The van der Waals surface area contributed by atoms with E-state index in [9.17, 15) is 14.4 Å². The average Bonchev–Trinajstić information content (AvgIpc) is 3.43. The van der Waals surface area contributed by atoms with Gasteiger partial charge >= 0.3 is 6.09 Å². The van der Waals surface area contributed by atoms with E-state index in [1.807, 2.05) is 106 Å². The highest BCUT2D eigenvalue weighted by Crippen LogP contribution is 2.28. The van der Waals surface area contributed by atoms with Crippen LogP contribution in [0.25, 0.3) is 21.9 Å². The van der Waals surface area contributed by atoms with E-state index in [2.05, 4.69) is 16.7 Å². The van der Waals surface area contributed by atoms with E-state index < -0.39 is 17.7 Å². The second-order valence-corrected chi connectivity index (χ2v) is 11.4. The Morgan fingerprint density at radius 3 is 2.20 bits per heavy atom. The molecule has 210 valence electrons. The highest BCUT2D eigenvalue weighted by molar-refractivity contribution is 5.98. The van der Waals surface area contributed by atoms with Gasteiger partial charge in [-0.1, -0.05) is 60.7 Å². The standard InChI is InChI=1S/C34H35N3O4/c1-34(2,3)41-33(40)36-29-18-15-26-21-25(11-12-27(26)22-29)24-13-16-28(17-14-24)35-32(39)30-10-7-19-37(30)31(38)20-23-8-5-4-6-9-23/h4-6,8-9,11-18,21-22,30H,7,10,19-20H2,1-3H3,(H,35,39)(H,36,40)/t30-/m0/s1. The first-order chi connectivity index (χ1) is 19.6. The van der Waals surface area contributed by atoms with Crippen molar-refractivity contribution in [3.8, 4) is 11.1 Å². The minimum absolute atomic E-state index is 0.0201. The number of carbonyl (C=O) groups is 3. The minimum atomic E-state index is -0.563. The molecule has 0 aromatic heterocycles. The summed E-state index contributed by atoms with van der Waals surface area (Å²) in [6, 6.07) is 28.8. The molecule has 5 rings (SSSR count). The Hall–Kier alpha value is -4.65. The van der Waals surface area contributed by atoms with Gasteiger partial charge < -0.3 is 15.0 Å². The molecule has 7 nitrogen and oxygen atoms in total. The highest BCUT2D eigenvalue weighted by atomic mass is 16.6. The van der Waals surface area contributed by atoms with Gasteiger partial charge in [0.05, 0.1) is 6.42 Å². The fourth-order valence-corrected chi connectivity index (χ4v) is 5.11. The number of likely N-dealkylation sites (tertiary alicyclic amines) is 1. The normalized spacial score (nSPS) is 15.0. The number of hydrogen-bond acceptors (Lipinski definition) is 4. The fraction of sp³-hybridized carbons (Fsp3) is 0.265. The highest BCUT2D eigenvalue weighted by Gasteiger charge is 2.34. The molecular weight excluding hydrogens is 514 g/mol. The Labute approximate surface area is 240 Å². The van der Waals surface area contributed by atoms with Gasteiger partial charge in [0.25, 0.3) is 0 Å². The maximum Gasteiger partial charge on any atom is 0.412 e. The molecule has 0 radical (unpaired) electrons. The van der Waals surface area contributed by atoms with Gasteiger partial charge in [-0.15, -0.1) is 0 Å². The fourth-order valence-electron chi connectivity index (χ4n) is 5.11. The summed E-state index contributed by atoms with van der Waals surface area (Å²) in [6.07, 6.45) is 1.29. The molecule has 1 saturated heterocycles. The van der Waals surface area contributed by atoms with Crippen molar-refractivity contribution >= 4 is 40.1 Å². The molecule has 0 aliphatic carbocycles. The smallest absolute Gasteiger partial charge is 0.412 e. The Morgan fingerprint density at radius 2 is 1.46 bits per heavy atom. The number of amides is 3. The van der Waals surface area contributed by atoms with Crippen LogP contribution in [0.2, 0.25) is 0 Å². The van der Waals surface area contributed by atoms with E-state index in [4.69, 9.17) is 4.74 Å². The SMILES string of the molecule is CC(C)(C)OC(=O)Nc1ccc2cc(-c3ccc(NC(=O)[C@@H]4CCCN4C(=O)Cc4ccccc4)cc3)ccc2c1. The number of anilines is 2. The van der Waals surface area contributed by atoms with Gasteiger partial charge in [0.2, 0.25) is 11.8 Å². The van der Waals surface area contributed by atoms with Gasteiger partial charge in [-0.2, -0.15) is 0 Å². The molecular formula is C34H35N3O4. The second-order valence-electron chi connectivity index (χ2n) is 11.4. The third-order valence-electron chi connectivity index (χ3n) is 7.05. The first-order valence-corrected chi connectivity index (χ1v) is 13.9. The lowest BCUT2D eigenvalue weighted by Crippen LogP contribution is -2.43. The van der Waals surface area contributed by atoms with Crippen molar-refractivity contribution in [1.29, 1.82) is 0 Å². The number of ether oxygens (including phenoxy) is 1. The van der Waals surface area contributed by atoms with E-state index in [-0.39, 0.29) is 11.8 Å². The molecule has 0 spiro atoms. The summed E-state index contributed by atoms with van der Waals surface area (Å²) in [5.74, 6) is -0.175. The van der Waals surface area contributed by atoms with Crippen molar-refractivity contribution in [2.45, 2.75) is 51.7 Å². The van der Waals surface area contributed by atoms with Gasteiger partial charge in [0.15, 0.2) is 0 Å². The van der Waals surface area contributed by atoms with E-state index in [0.717, 1.165) is 33.9 Å². The number of rotatable bonds is 6. The second kappa shape index (κ2) is 11.8. The Kier molecular flexibility index (Phi) is 8.06. The number of nitrogens with zero attached hydrogens (tertiary/aromatic N) is 1. The molecule has 1 aliphatic rings. The largest absolute Gasteiger partial charge is 0.444 e. The molecule has 1 fully saturated rings. The number of hydrogen-bond donors (Lipinski definition) is 2. The van der Waals surface area contributed by atoms with Gasteiger partial charge in [-0.3, -0.25) is 14.9 Å². The van der Waals surface area contributed by atoms with Crippen molar-refractivity contribution in [1.82, 2.24) is 4.90 Å². The van der Waals surface area contributed by atoms with Gasteiger partial charge in [-0.05, 0) is 91.4 Å². The number of nitrogens with one attached hydrogen (secondary N) is 2. The third kappa shape index (κ3) is 7.11. The summed E-state index contributed by atoms with van der Waals surface area (Å²) < 4.78 is 5.34. The molecule has 41 heavy (non-hydrogen) atoms. The molecule has 1 aliphatic heterocycles. The van der Waals surface area contributed by atoms with Crippen LogP contribution in [0.4, 0.5) is 16.2 Å². The molecule has 7 heteroatoms. The molecule has 1 heterocycles. The Morgan fingerprint density at radius 1 is 0.805 bits per heavy atom. The van der Waals surface area contributed by atoms with Gasteiger partial charge in [0, 0.05) is 17.9 Å². The predicted octanol–water partition coefficient (Wildman–Crippen LogP) is 7.03. The summed E-state index contributed by atoms with van der Waals surface area (Å²) in [5.41, 5.74) is 3.80. The van der Waals surface area contributed by atoms with Crippen molar-refractivity contribution in [2.75, 3.05) is 17.2 Å². The van der Waals surface area contributed by atoms with Crippen LogP contribution in [0.15, 0.2) is 91.0 Å². The maximum absolute atomic E-state index is 13.1. The van der Waals surface area contributed by atoms with Crippen LogP contribution in [-0.4, -0.2) is 41.0 Å². The van der Waals surface area contributed by atoms with Crippen molar-refractivity contribution in [2.24, 2.45) is 0 Å². The van der Waals surface area contributed by atoms with Crippen LogP contribution in [0.5, 0.6) is 0 Å². The summed E-state index contributed by atoms with van der Waals surface area (Å²) >= 11 is 0. The molecule has 2 N–H and O–H groups in total. The third-order valence-corrected chi connectivity index (χ3v) is 7.05. The monoisotopic (exact) mass is 549 g/mol. The molecule has 4 aromatic rings. The zero-order valence-corrected chi connectivity index (χ0v) is 23.6. The van der Waals surface area contributed by atoms with Crippen LogP contribution in [0.3, 0.4) is 0 Å². The van der Waals surface area contributed by atoms with E-state index in [0.29, 0.717) is 30.8 Å². The lowest BCUT2D eigenvalue weighted by atomic mass is 10.0. The van der Waals surface area contributed by atoms with Gasteiger partial charge in [0.1, 0.15) is 11.6 Å². The number of fused-ring (bicyclic) bond motifs is 1. The topological polar surface area (TPSA) is 87.7 Å². The predicted molar refractivity (Wildman–Crippen MR) is 163 cm³/mol.